The Morgan fingerprint density at radius 3 is 2.45 bits per heavy atom. The van der Waals surface area contributed by atoms with Gasteiger partial charge in [0.05, 0.1) is 16.1 Å². The number of anilines is 1. The molecule has 2 aromatic rings. The summed E-state index contributed by atoms with van der Waals surface area (Å²) in [6, 6.07) is 8.60. The minimum absolute atomic E-state index is 0.118. The van der Waals surface area contributed by atoms with E-state index in [2.05, 4.69) is 32.6 Å². The summed E-state index contributed by atoms with van der Waals surface area (Å²) in [4.78, 5) is 55.1. The summed E-state index contributed by atoms with van der Waals surface area (Å²) in [7, 11) is 0. The molecule has 0 bridgehead atoms. The molecule has 31 heavy (non-hydrogen) atoms. The van der Waals surface area contributed by atoms with Crippen molar-refractivity contribution >= 4 is 40.0 Å². The zero-order valence-corrected chi connectivity index (χ0v) is 17.7. The zero-order chi connectivity index (χ0) is 21.5. The fourth-order valence-electron chi connectivity index (χ4n) is 4.45. The molecule has 160 valence electrons. The first-order valence-electron chi connectivity index (χ1n) is 10.4. The van der Waals surface area contributed by atoms with Crippen molar-refractivity contribution in [3.8, 4) is 0 Å². The van der Waals surface area contributed by atoms with E-state index in [0.29, 0.717) is 17.7 Å². The van der Waals surface area contributed by atoms with Crippen LogP contribution >= 0.6 is 11.3 Å². The minimum Gasteiger partial charge on any atom is -0.361 e. The van der Waals surface area contributed by atoms with Crippen molar-refractivity contribution < 1.29 is 19.2 Å². The number of piperazine rings is 1. The number of piperidine rings is 1. The van der Waals surface area contributed by atoms with Crippen LogP contribution in [0.5, 0.6) is 0 Å². The molecule has 1 aromatic heterocycles. The van der Waals surface area contributed by atoms with Gasteiger partial charge < -0.3 is 4.90 Å². The van der Waals surface area contributed by atoms with Gasteiger partial charge >= 0.3 is 0 Å². The van der Waals surface area contributed by atoms with Gasteiger partial charge in [-0.05, 0) is 41.6 Å². The molecule has 2 fully saturated rings. The van der Waals surface area contributed by atoms with Crippen LogP contribution in [0.3, 0.4) is 0 Å². The Morgan fingerprint density at radius 1 is 0.968 bits per heavy atom. The van der Waals surface area contributed by atoms with E-state index in [1.165, 1.54) is 5.00 Å². The summed E-state index contributed by atoms with van der Waals surface area (Å²) in [6.07, 6.45) is 0.282. The Hall–Kier alpha value is -3.04. The van der Waals surface area contributed by atoms with Crippen molar-refractivity contribution in [1.29, 1.82) is 0 Å². The van der Waals surface area contributed by atoms with Crippen LogP contribution in [0, 0.1) is 0 Å². The van der Waals surface area contributed by atoms with Crippen LogP contribution in [0.2, 0.25) is 0 Å². The van der Waals surface area contributed by atoms with Crippen molar-refractivity contribution in [3.63, 3.8) is 0 Å². The third kappa shape index (κ3) is 3.64. The lowest BCUT2D eigenvalue weighted by Crippen LogP contribution is -2.54. The van der Waals surface area contributed by atoms with Crippen LogP contribution in [-0.2, 0) is 16.1 Å². The highest BCUT2D eigenvalue weighted by Gasteiger charge is 2.44. The lowest BCUT2D eigenvalue weighted by Gasteiger charge is -2.35. The highest BCUT2D eigenvalue weighted by atomic mass is 32.1. The van der Waals surface area contributed by atoms with E-state index in [1.54, 1.807) is 23.5 Å². The molecule has 5 rings (SSSR count). The van der Waals surface area contributed by atoms with Crippen molar-refractivity contribution in [2.24, 2.45) is 0 Å². The van der Waals surface area contributed by atoms with Gasteiger partial charge in [0.2, 0.25) is 11.8 Å². The number of hydrogen-bond acceptors (Lipinski definition) is 7. The molecule has 4 amide bonds. The number of thiophene rings is 1. The molecule has 2 saturated heterocycles. The van der Waals surface area contributed by atoms with E-state index in [0.717, 1.165) is 36.6 Å². The second-order valence-corrected chi connectivity index (χ2v) is 8.97. The molecule has 3 aliphatic heterocycles. The number of hydrogen-bond donors (Lipinski definition) is 1. The monoisotopic (exact) mass is 438 g/mol. The molecule has 3 aliphatic rings. The number of carbonyl (C=O) groups is 4. The van der Waals surface area contributed by atoms with Gasteiger partial charge in [-0.2, -0.15) is 0 Å². The van der Waals surface area contributed by atoms with Crippen LogP contribution in [0.1, 0.15) is 39.1 Å². The fraction of sp³-hybridized carbons (Fsp3) is 0.364. The molecule has 1 N–H and O–H groups in total. The summed E-state index contributed by atoms with van der Waals surface area (Å²) >= 11 is 1.75. The van der Waals surface area contributed by atoms with E-state index in [4.69, 9.17) is 0 Å². The fourth-order valence-corrected chi connectivity index (χ4v) is 5.24. The number of benzene rings is 1. The summed E-state index contributed by atoms with van der Waals surface area (Å²) in [5.41, 5.74) is 1.62. The second kappa shape index (κ2) is 7.90. The molecule has 9 heteroatoms. The quantitative estimate of drug-likeness (QED) is 0.728. The van der Waals surface area contributed by atoms with E-state index >= 15 is 0 Å². The lowest BCUT2D eigenvalue weighted by molar-refractivity contribution is -0.136. The third-order valence-electron chi connectivity index (χ3n) is 6.10. The van der Waals surface area contributed by atoms with Crippen LogP contribution in [0.25, 0.3) is 0 Å². The van der Waals surface area contributed by atoms with Gasteiger partial charge in [0, 0.05) is 39.1 Å². The van der Waals surface area contributed by atoms with Crippen molar-refractivity contribution in [2.45, 2.75) is 25.4 Å². The average molecular weight is 439 g/mol. The zero-order valence-electron chi connectivity index (χ0n) is 16.9. The van der Waals surface area contributed by atoms with Gasteiger partial charge in [0.15, 0.2) is 0 Å². The maximum Gasteiger partial charge on any atom is 0.262 e. The predicted octanol–water partition coefficient (Wildman–Crippen LogP) is 1.47. The van der Waals surface area contributed by atoms with Crippen LogP contribution in [0.4, 0.5) is 5.00 Å². The number of imide groups is 2. The highest BCUT2D eigenvalue weighted by molar-refractivity contribution is 7.14. The maximum atomic E-state index is 13.0. The molecule has 0 spiro atoms. The Labute approximate surface area is 183 Å². The molecular formula is C22H22N4O4S. The first-order chi connectivity index (χ1) is 15.0. The first kappa shape index (κ1) is 19.9. The number of rotatable bonds is 4. The summed E-state index contributed by atoms with van der Waals surface area (Å²) in [6.45, 7) is 4.44. The Balaban J connectivity index is 1.27. The number of nitrogens with zero attached hydrogens (tertiary/aromatic N) is 3. The number of amides is 4. The maximum absolute atomic E-state index is 13.0. The lowest BCUT2D eigenvalue weighted by atomic mass is 10.0. The number of carbonyl (C=O) groups excluding carboxylic acids is 4. The molecular weight excluding hydrogens is 416 g/mol. The van der Waals surface area contributed by atoms with E-state index in [9.17, 15) is 19.2 Å². The Morgan fingerprint density at radius 2 is 1.74 bits per heavy atom. The van der Waals surface area contributed by atoms with Gasteiger partial charge in [0.25, 0.3) is 11.8 Å². The molecule has 1 aromatic carbocycles. The molecule has 8 nitrogen and oxygen atoms in total. The Kier molecular flexibility index (Phi) is 5.07. The molecule has 1 unspecified atom stereocenters. The van der Waals surface area contributed by atoms with Crippen molar-refractivity contribution in [2.75, 3.05) is 31.1 Å². The topological polar surface area (TPSA) is 90.0 Å². The van der Waals surface area contributed by atoms with Crippen LogP contribution in [0.15, 0.2) is 35.7 Å². The van der Waals surface area contributed by atoms with Gasteiger partial charge in [-0.25, -0.2) is 0 Å². The molecule has 0 aliphatic carbocycles. The SMILES string of the molecule is O=C1CCC(N2C(=O)c3ccc(CN4CCN(c5cccs5)CC4)cc3C2=O)C(=O)N1. The standard InChI is InChI=1S/C22H22N4O4S/c27-18-6-5-17(20(28)23-18)26-21(29)15-4-3-14(12-16(15)22(26)30)13-24-7-9-25(10-8-24)19-2-1-11-31-19/h1-4,11-12,17H,5-10,13H2,(H,23,27,28). The number of fused-ring (bicyclic) bond motifs is 1. The second-order valence-electron chi connectivity index (χ2n) is 8.04. The largest absolute Gasteiger partial charge is 0.361 e. The van der Waals surface area contributed by atoms with Crippen molar-refractivity contribution in [1.82, 2.24) is 15.1 Å². The highest BCUT2D eigenvalue weighted by Crippen LogP contribution is 2.29. The predicted molar refractivity (Wildman–Crippen MR) is 115 cm³/mol. The Bertz CT molecular complexity index is 1060. The van der Waals surface area contributed by atoms with Crippen LogP contribution < -0.4 is 10.2 Å². The first-order valence-corrected chi connectivity index (χ1v) is 11.2. The van der Waals surface area contributed by atoms with E-state index < -0.39 is 23.8 Å². The van der Waals surface area contributed by atoms with E-state index in [1.807, 2.05) is 6.07 Å². The molecule has 0 saturated carbocycles. The van der Waals surface area contributed by atoms with Gasteiger partial charge in [-0.3, -0.25) is 34.3 Å². The minimum atomic E-state index is -0.932. The van der Waals surface area contributed by atoms with Gasteiger partial charge in [0.1, 0.15) is 6.04 Å². The normalized spacial score (nSPS) is 22.1. The molecule has 1 atom stereocenters. The van der Waals surface area contributed by atoms with E-state index in [-0.39, 0.29) is 18.7 Å². The van der Waals surface area contributed by atoms with Crippen molar-refractivity contribution in [3.05, 3.63) is 52.4 Å². The average Bonchev–Trinajstić information content (AvgIpc) is 3.37. The summed E-state index contributed by atoms with van der Waals surface area (Å²) in [5, 5.41) is 5.59. The van der Waals surface area contributed by atoms with Crippen LogP contribution in [-0.4, -0.2) is 65.6 Å². The van der Waals surface area contributed by atoms with Gasteiger partial charge in [-0.15, -0.1) is 11.3 Å². The number of nitrogens with one attached hydrogen (secondary N) is 1. The molecule has 0 radical (unpaired) electrons. The summed E-state index contributed by atoms with van der Waals surface area (Å²) in [5.74, 6) is -1.89. The van der Waals surface area contributed by atoms with Gasteiger partial charge in [-0.1, -0.05) is 6.07 Å². The smallest absolute Gasteiger partial charge is 0.262 e. The third-order valence-corrected chi connectivity index (χ3v) is 7.03. The summed E-state index contributed by atoms with van der Waals surface area (Å²) < 4.78 is 0. The molecule has 4 heterocycles.